The minimum absolute atomic E-state index is 0. The van der Waals surface area contributed by atoms with E-state index in [0.29, 0.717) is 6.16 Å². The van der Waals surface area contributed by atoms with Crippen LogP contribution in [0.1, 0.15) is 13.3 Å². The summed E-state index contributed by atoms with van der Waals surface area (Å²) in [5, 5.41) is 0. The molecule has 0 aliphatic rings. The Labute approximate surface area is 81.8 Å². The molecule has 0 bridgehead atoms. The maximum absolute atomic E-state index is 10.5. The van der Waals surface area contributed by atoms with E-state index in [1.54, 1.807) is 0 Å². The van der Waals surface area contributed by atoms with E-state index in [1.807, 2.05) is 13.3 Å². The summed E-state index contributed by atoms with van der Waals surface area (Å²) in [4.78, 5) is 8.68. The molecule has 0 aliphatic carbocycles. The molecule has 0 saturated heterocycles. The first-order chi connectivity index (χ1) is 3.56. The van der Waals surface area contributed by atoms with E-state index in [-0.39, 0.29) is 32.7 Å². The molecule has 1 radical (unpaired) electrons. The molecule has 0 fully saturated rings. The van der Waals surface area contributed by atoms with E-state index < -0.39 is 7.37 Å². The van der Waals surface area contributed by atoms with Gasteiger partial charge in [0.15, 0.2) is 7.37 Å². The molecule has 0 spiro atoms. The minimum atomic E-state index is -2.71. The van der Waals surface area contributed by atoms with Gasteiger partial charge < -0.3 is 11.3 Å². The standard InChI is InChI=1S/C5H12O2P.Y/c1-3-4-5-8(2,6)7;/h3H,4-5H2,1-2H3,(H,6,7);/q-1;. The van der Waals surface area contributed by atoms with Crippen LogP contribution in [0.2, 0.25) is 0 Å². The molecule has 0 aromatic heterocycles. The van der Waals surface area contributed by atoms with Crippen LogP contribution in [0.15, 0.2) is 0 Å². The van der Waals surface area contributed by atoms with Gasteiger partial charge in [0.2, 0.25) is 0 Å². The molecule has 1 N–H and O–H groups in total. The summed E-state index contributed by atoms with van der Waals surface area (Å²) >= 11 is 0. The van der Waals surface area contributed by atoms with Gasteiger partial charge in [0, 0.05) is 39.4 Å². The number of rotatable bonds is 3. The van der Waals surface area contributed by atoms with Crippen molar-refractivity contribution in [3.63, 3.8) is 0 Å². The maximum atomic E-state index is 10.5. The average molecular weight is 224 g/mol. The van der Waals surface area contributed by atoms with E-state index in [0.717, 1.165) is 6.42 Å². The molecular weight excluding hydrogens is 212 g/mol. The van der Waals surface area contributed by atoms with Crippen LogP contribution in [0, 0.1) is 6.42 Å². The first-order valence-electron chi connectivity index (χ1n) is 2.63. The van der Waals surface area contributed by atoms with Crippen LogP contribution < -0.4 is 0 Å². The minimum Gasteiger partial charge on any atom is -0.345 e. The Morgan fingerprint density at radius 2 is 2.11 bits per heavy atom. The Bertz CT molecular complexity index is 99.1. The zero-order valence-electron chi connectivity index (χ0n) is 5.87. The molecule has 1 atom stereocenters. The molecule has 0 saturated carbocycles. The van der Waals surface area contributed by atoms with Crippen molar-refractivity contribution < 1.29 is 42.2 Å². The molecule has 2 nitrogen and oxygen atoms in total. The van der Waals surface area contributed by atoms with Crippen molar-refractivity contribution in [2.75, 3.05) is 12.8 Å². The first kappa shape index (κ1) is 12.9. The van der Waals surface area contributed by atoms with E-state index in [1.165, 1.54) is 6.66 Å². The van der Waals surface area contributed by atoms with Gasteiger partial charge in [-0.15, -0.1) is 0 Å². The zero-order valence-corrected chi connectivity index (χ0v) is 9.60. The fourth-order valence-electron chi connectivity index (χ4n) is 0.369. The normalized spacial score (nSPS) is 15.9. The van der Waals surface area contributed by atoms with E-state index >= 15 is 0 Å². The van der Waals surface area contributed by atoms with Crippen LogP contribution in [0.3, 0.4) is 0 Å². The van der Waals surface area contributed by atoms with Crippen LogP contribution in [0.5, 0.6) is 0 Å². The van der Waals surface area contributed by atoms with Crippen molar-refractivity contribution in [1.82, 2.24) is 0 Å². The van der Waals surface area contributed by atoms with Gasteiger partial charge >= 0.3 is 0 Å². The molecule has 0 rings (SSSR count). The van der Waals surface area contributed by atoms with Gasteiger partial charge in [-0.05, 0) is 6.16 Å². The van der Waals surface area contributed by atoms with Crippen molar-refractivity contribution in [2.45, 2.75) is 13.3 Å². The molecule has 0 aromatic carbocycles. The number of hydrogen-bond acceptors (Lipinski definition) is 1. The van der Waals surface area contributed by atoms with E-state index in [9.17, 15) is 4.57 Å². The van der Waals surface area contributed by atoms with Gasteiger partial charge in [0.05, 0.1) is 0 Å². The molecule has 1 unspecified atom stereocenters. The SMILES string of the molecule is C[CH-]CCP(C)(=O)O.[Y]. The van der Waals surface area contributed by atoms with Gasteiger partial charge in [-0.2, -0.15) is 13.3 Å². The van der Waals surface area contributed by atoms with Crippen LogP contribution in [0.4, 0.5) is 0 Å². The maximum Gasteiger partial charge on any atom is 0.195 e. The molecule has 0 aromatic rings. The summed E-state index contributed by atoms with van der Waals surface area (Å²) in [6, 6.07) is 0. The Morgan fingerprint density at radius 3 is 2.22 bits per heavy atom. The van der Waals surface area contributed by atoms with Crippen LogP contribution in [0.25, 0.3) is 0 Å². The fraction of sp³-hybridized carbons (Fsp3) is 0.800. The van der Waals surface area contributed by atoms with Crippen molar-refractivity contribution in [3.05, 3.63) is 6.42 Å². The summed E-state index contributed by atoms with van der Waals surface area (Å²) in [7, 11) is -2.71. The van der Waals surface area contributed by atoms with Crippen LogP contribution in [-0.2, 0) is 37.3 Å². The topological polar surface area (TPSA) is 37.3 Å². The Hall–Kier alpha value is 1.29. The summed E-state index contributed by atoms with van der Waals surface area (Å²) in [6.45, 7) is 3.27. The monoisotopic (exact) mass is 224 g/mol. The predicted octanol–water partition coefficient (Wildman–Crippen LogP) is 1.50. The largest absolute Gasteiger partial charge is 0.345 e. The van der Waals surface area contributed by atoms with Gasteiger partial charge in [-0.3, -0.25) is 4.57 Å². The third-order valence-corrected chi connectivity index (χ3v) is 1.92. The summed E-state index contributed by atoms with van der Waals surface area (Å²) in [6.07, 6.45) is 3.06. The Balaban J connectivity index is 0. The molecule has 53 valence electrons. The second kappa shape index (κ2) is 6.03. The van der Waals surface area contributed by atoms with E-state index in [2.05, 4.69) is 0 Å². The molecule has 4 heteroatoms. The molecule has 9 heavy (non-hydrogen) atoms. The van der Waals surface area contributed by atoms with Crippen molar-refractivity contribution in [1.29, 1.82) is 0 Å². The van der Waals surface area contributed by atoms with Crippen LogP contribution in [-0.4, -0.2) is 17.7 Å². The Morgan fingerprint density at radius 1 is 1.67 bits per heavy atom. The number of hydrogen-bond donors (Lipinski definition) is 1. The van der Waals surface area contributed by atoms with Crippen molar-refractivity contribution in [2.24, 2.45) is 0 Å². The average Bonchev–Trinajstić information content (AvgIpc) is 1.59. The zero-order chi connectivity index (χ0) is 6.62. The van der Waals surface area contributed by atoms with Gasteiger partial charge in [0.1, 0.15) is 0 Å². The Kier molecular flexibility index (Phi) is 8.67. The third kappa shape index (κ3) is 12.5. The molecule has 0 heterocycles. The molecule has 0 amide bonds. The van der Waals surface area contributed by atoms with Crippen molar-refractivity contribution in [3.8, 4) is 0 Å². The third-order valence-electron chi connectivity index (χ3n) is 0.833. The number of unbranched alkanes of at least 4 members (excludes halogenated alkanes) is 1. The molecule has 0 aliphatic heterocycles. The first-order valence-corrected chi connectivity index (χ1v) is 4.92. The predicted molar refractivity (Wildman–Crippen MR) is 35.2 cm³/mol. The van der Waals surface area contributed by atoms with Crippen molar-refractivity contribution >= 4 is 7.37 Å². The molecular formula is C5H12O2PY-. The summed E-state index contributed by atoms with van der Waals surface area (Å²) in [5.74, 6) is 0. The van der Waals surface area contributed by atoms with Gasteiger partial charge in [-0.25, -0.2) is 0 Å². The van der Waals surface area contributed by atoms with Crippen LogP contribution >= 0.6 is 7.37 Å². The summed E-state index contributed by atoms with van der Waals surface area (Å²) in [5.41, 5.74) is 0. The smallest absolute Gasteiger partial charge is 0.195 e. The second-order valence-corrected chi connectivity index (χ2v) is 4.52. The second-order valence-electron chi connectivity index (χ2n) is 1.97. The van der Waals surface area contributed by atoms with E-state index in [4.69, 9.17) is 4.89 Å². The van der Waals surface area contributed by atoms with Gasteiger partial charge in [0.25, 0.3) is 0 Å². The van der Waals surface area contributed by atoms with Gasteiger partial charge in [-0.1, -0.05) is 0 Å². The fourth-order valence-corrected chi connectivity index (χ4v) is 1.11. The summed E-state index contributed by atoms with van der Waals surface area (Å²) < 4.78 is 10.5. The quantitative estimate of drug-likeness (QED) is 0.582.